The highest BCUT2D eigenvalue weighted by molar-refractivity contribution is 6.31. The lowest BCUT2D eigenvalue weighted by Crippen LogP contribution is -2.09. The number of ether oxygens (including phenoxy) is 1. The first-order valence-corrected chi connectivity index (χ1v) is 6.54. The summed E-state index contributed by atoms with van der Waals surface area (Å²) in [5.41, 5.74) is 7.13. The minimum atomic E-state index is -0.429. The van der Waals surface area contributed by atoms with Gasteiger partial charge < -0.3 is 15.8 Å². The normalized spacial score (nSPS) is 12.0. The Balaban J connectivity index is 2.28. The predicted molar refractivity (Wildman–Crippen MR) is 80.9 cm³/mol. The van der Waals surface area contributed by atoms with Gasteiger partial charge in [-0.1, -0.05) is 29.8 Å². The Morgan fingerprint density at radius 2 is 2.00 bits per heavy atom. The number of nitrogens with one attached hydrogen (secondary N) is 1. The lowest BCUT2D eigenvalue weighted by Gasteiger charge is -2.18. The zero-order valence-corrected chi connectivity index (χ0v) is 12.0. The molecule has 3 nitrogen and oxygen atoms in total. The molecule has 20 heavy (non-hydrogen) atoms. The Bertz CT molecular complexity index is 619. The van der Waals surface area contributed by atoms with Crippen molar-refractivity contribution >= 4 is 23.0 Å². The SMILES string of the molecule is COc1cc(NC(C)c2ccccc2Cl)c(F)cc1N. The lowest BCUT2D eigenvalue weighted by atomic mass is 10.1. The van der Waals surface area contributed by atoms with Crippen molar-refractivity contribution in [3.63, 3.8) is 0 Å². The molecule has 0 saturated heterocycles. The Labute approximate surface area is 122 Å². The van der Waals surface area contributed by atoms with Gasteiger partial charge in [0, 0.05) is 17.2 Å². The van der Waals surface area contributed by atoms with Crippen LogP contribution < -0.4 is 15.8 Å². The molecule has 0 spiro atoms. The van der Waals surface area contributed by atoms with Gasteiger partial charge in [0.15, 0.2) is 0 Å². The van der Waals surface area contributed by atoms with E-state index in [1.807, 2.05) is 25.1 Å². The van der Waals surface area contributed by atoms with Crippen molar-refractivity contribution in [2.24, 2.45) is 0 Å². The second-order valence-corrected chi connectivity index (χ2v) is 4.87. The van der Waals surface area contributed by atoms with E-state index in [0.29, 0.717) is 16.5 Å². The minimum Gasteiger partial charge on any atom is -0.495 e. The molecular weight excluding hydrogens is 279 g/mol. The molecule has 0 heterocycles. The highest BCUT2D eigenvalue weighted by Crippen LogP contribution is 2.31. The van der Waals surface area contributed by atoms with E-state index in [0.717, 1.165) is 5.56 Å². The molecule has 106 valence electrons. The molecule has 5 heteroatoms. The van der Waals surface area contributed by atoms with Crippen LogP contribution in [0.1, 0.15) is 18.5 Å². The Hall–Kier alpha value is -1.94. The van der Waals surface area contributed by atoms with E-state index in [1.54, 1.807) is 6.07 Å². The van der Waals surface area contributed by atoms with Crippen LogP contribution in [-0.2, 0) is 0 Å². The number of halogens is 2. The molecule has 2 aromatic rings. The van der Waals surface area contributed by atoms with Crippen molar-refractivity contribution in [1.29, 1.82) is 0 Å². The molecule has 0 fully saturated rings. The second kappa shape index (κ2) is 6.01. The second-order valence-electron chi connectivity index (χ2n) is 4.46. The van der Waals surface area contributed by atoms with Gasteiger partial charge >= 0.3 is 0 Å². The van der Waals surface area contributed by atoms with Crippen LogP contribution in [0.2, 0.25) is 5.02 Å². The topological polar surface area (TPSA) is 47.3 Å². The Morgan fingerprint density at radius 3 is 2.65 bits per heavy atom. The van der Waals surface area contributed by atoms with E-state index in [4.69, 9.17) is 22.1 Å². The standard InChI is InChI=1S/C15H16ClFN2O/c1-9(10-5-3-4-6-11(10)16)19-14-8-15(20-2)13(18)7-12(14)17/h3-9,19H,18H2,1-2H3. The quantitative estimate of drug-likeness (QED) is 0.829. The fourth-order valence-corrected chi connectivity index (χ4v) is 2.29. The molecular formula is C15H16ClFN2O. The van der Waals surface area contributed by atoms with E-state index in [2.05, 4.69) is 5.32 Å². The largest absolute Gasteiger partial charge is 0.495 e. The third-order valence-corrected chi connectivity index (χ3v) is 3.41. The molecule has 0 aromatic heterocycles. The molecule has 0 radical (unpaired) electrons. The van der Waals surface area contributed by atoms with E-state index < -0.39 is 5.82 Å². The molecule has 1 atom stereocenters. The number of methoxy groups -OCH3 is 1. The van der Waals surface area contributed by atoms with Crippen molar-refractivity contribution < 1.29 is 9.13 Å². The zero-order valence-electron chi connectivity index (χ0n) is 11.3. The maximum absolute atomic E-state index is 13.9. The van der Waals surface area contributed by atoms with E-state index in [1.165, 1.54) is 19.2 Å². The maximum Gasteiger partial charge on any atom is 0.148 e. The summed E-state index contributed by atoms with van der Waals surface area (Å²) in [7, 11) is 1.49. The zero-order chi connectivity index (χ0) is 14.7. The smallest absolute Gasteiger partial charge is 0.148 e. The first kappa shape index (κ1) is 14.5. The van der Waals surface area contributed by atoms with Crippen LogP contribution in [0.3, 0.4) is 0 Å². The van der Waals surface area contributed by atoms with Crippen LogP contribution in [0.25, 0.3) is 0 Å². The number of benzene rings is 2. The summed E-state index contributed by atoms with van der Waals surface area (Å²) in [5, 5.41) is 3.71. The molecule has 0 aliphatic rings. The minimum absolute atomic E-state index is 0.147. The van der Waals surface area contributed by atoms with Crippen molar-refractivity contribution in [2.75, 3.05) is 18.2 Å². The average molecular weight is 295 g/mol. The summed E-state index contributed by atoms with van der Waals surface area (Å²) in [6, 6.07) is 10.1. The third kappa shape index (κ3) is 2.96. The third-order valence-electron chi connectivity index (χ3n) is 3.06. The molecule has 2 aromatic carbocycles. The monoisotopic (exact) mass is 294 g/mol. The Kier molecular flexibility index (Phi) is 4.35. The van der Waals surface area contributed by atoms with Crippen molar-refractivity contribution in [2.45, 2.75) is 13.0 Å². The fourth-order valence-electron chi connectivity index (χ4n) is 1.99. The molecule has 0 aliphatic carbocycles. The highest BCUT2D eigenvalue weighted by atomic mass is 35.5. The number of rotatable bonds is 4. The van der Waals surface area contributed by atoms with Crippen molar-refractivity contribution in [3.05, 3.63) is 52.8 Å². The van der Waals surface area contributed by atoms with Crippen LogP contribution in [0.5, 0.6) is 5.75 Å². The first-order valence-electron chi connectivity index (χ1n) is 6.17. The van der Waals surface area contributed by atoms with Crippen molar-refractivity contribution in [3.8, 4) is 5.75 Å². The van der Waals surface area contributed by atoms with Crippen LogP contribution in [0, 0.1) is 5.82 Å². The molecule has 2 rings (SSSR count). The summed E-state index contributed by atoms with van der Waals surface area (Å²) in [5.74, 6) is 0.00228. The maximum atomic E-state index is 13.9. The van der Waals surface area contributed by atoms with E-state index in [-0.39, 0.29) is 11.7 Å². The van der Waals surface area contributed by atoms with E-state index in [9.17, 15) is 4.39 Å². The average Bonchev–Trinajstić information content (AvgIpc) is 2.42. The molecule has 0 bridgehead atoms. The van der Waals surface area contributed by atoms with Gasteiger partial charge in [-0.3, -0.25) is 0 Å². The summed E-state index contributed by atoms with van der Waals surface area (Å²) >= 11 is 6.13. The van der Waals surface area contributed by atoms with Crippen LogP contribution >= 0.6 is 11.6 Å². The van der Waals surface area contributed by atoms with Crippen LogP contribution in [-0.4, -0.2) is 7.11 Å². The van der Waals surface area contributed by atoms with Gasteiger partial charge in [-0.15, -0.1) is 0 Å². The number of anilines is 2. The first-order chi connectivity index (χ1) is 9.52. The van der Waals surface area contributed by atoms with Gasteiger partial charge in [-0.25, -0.2) is 4.39 Å². The fraction of sp³-hybridized carbons (Fsp3) is 0.200. The Morgan fingerprint density at radius 1 is 1.30 bits per heavy atom. The molecule has 3 N–H and O–H groups in total. The van der Waals surface area contributed by atoms with Crippen LogP contribution in [0.4, 0.5) is 15.8 Å². The highest BCUT2D eigenvalue weighted by Gasteiger charge is 2.13. The molecule has 0 aliphatic heterocycles. The van der Waals surface area contributed by atoms with E-state index >= 15 is 0 Å². The van der Waals surface area contributed by atoms with Crippen LogP contribution in [0.15, 0.2) is 36.4 Å². The summed E-state index contributed by atoms with van der Waals surface area (Å²) in [6.07, 6.45) is 0. The molecule has 0 amide bonds. The van der Waals surface area contributed by atoms with Crippen molar-refractivity contribution in [1.82, 2.24) is 0 Å². The summed E-state index contributed by atoms with van der Waals surface area (Å²) < 4.78 is 19.0. The summed E-state index contributed by atoms with van der Waals surface area (Å²) in [6.45, 7) is 1.91. The lowest BCUT2D eigenvalue weighted by molar-refractivity contribution is 0.416. The van der Waals surface area contributed by atoms with Gasteiger partial charge in [0.25, 0.3) is 0 Å². The van der Waals surface area contributed by atoms with Gasteiger partial charge in [-0.2, -0.15) is 0 Å². The number of nitrogens with two attached hydrogens (primary N) is 1. The number of nitrogen functional groups attached to an aromatic ring is 1. The molecule has 1 unspecified atom stereocenters. The van der Waals surface area contributed by atoms with Gasteiger partial charge in [-0.05, 0) is 18.6 Å². The van der Waals surface area contributed by atoms with Gasteiger partial charge in [0.1, 0.15) is 11.6 Å². The number of hydrogen-bond acceptors (Lipinski definition) is 3. The van der Waals surface area contributed by atoms with Gasteiger partial charge in [0.05, 0.1) is 24.5 Å². The predicted octanol–water partition coefficient (Wildman–Crippen LogP) is 4.24. The van der Waals surface area contributed by atoms with Gasteiger partial charge in [0.2, 0.25) is 0 Å². The summed E-state index contributed by atoms with van der Waals surface area (Å²) in [4.78, 5) is 0. The molecule has 0 saturated carbocycles. The number of hydrogen-bond donors (Lipinski definition) is 2.